The summed E-state index contributed by atoms with van der Waals surface area (Å²) >= 11 is 8.26. The number of methoxy groups -OCH3 is 1. The standard InChI is InChI=1S/C20H25N3O3S3/c1-6-23(7-2)18(24)16-12(3)15(19(25)26-4)17(29-16)22-20(27)21-13-10-8-9-11-14(13)28-5/h8-11H,6-7H2,1-5H3,(H2,21,22,27). The molecule has 0 radical (unpaired) electrons. The maximum Gasteiger partial charge on any atom is 0.341 e. The van der Waals surface area contributed by atoms with Crippen LogP contribution in [0.2, 0.25) is 0 Å². The molecular weight excluding hydrogens is 426 g/mol. The Labute approximate surface area is 185 Å². The molecular formula is C20H25N3O3S3. The van der Waals surface area contributed by atoms with Crippen molar-refractivity contribution < 1.29 is 14.3 Å². The van der Waals surface area contributed by atoms with E-state index in [9.17, 15) is 9.59 Å². The fourth-order valence-corrected chi connectivity index (χ4v) is 4.81. The lowest BCUT2D eigenvalue weighted by Crippen LogP contribution is -2.30. The van der Waals surface area contributed by atoms with Crippen LogP contribution >= 0.6 is 35.3 Å². The monoisotopic (exact) mass is 451 g/mol. The molecule has 2 rings (SSSR count). The van der Waals surface area contributed by atoms with Crippen molar-refractivity contribution in [3.05, 3.63) is 40.3 Å². The molecule has 0 bridgehead atoms. The van der Waals surface area contributed by atoms with Crippen LogP contribution in [0, 0.1) is 6.92 Å². The number of carbonyl (C=O) groups excluding carboxylic acids is 2. The van der Waals surface area contributed by atoms with E-state index in [2.05, 4.69) is 10.6 Å². The lowest BCUT2D eigenvalue weighted by molar-refractivity contribution is 0.0601. The number of hydrogen-bond acceptors (Lipinski definition) is 6. The van der Waals surface area contributed by atoms with Crippen molar-refractivity contribution in [2.24, 2.45) is 0 Å². The molecule has 1 aromatic heterocycles. The van der Waals surface area contributed by atoms with Crippen molar-refractivity contribution in [3.63, 3.8) is 0 Å². The molecule has 6 nitrogen and oxygen atoms in total. The van der Waals surface area contributed by atoms with E-state index in [1.807, 2.05) is 44.4 Å². The maximum absolute atomic E-state index is 12.9. The molecule has 156 valence electrons. The zero-order chi connectivity index (χ0) is 21.6. The van der Waals surface area contributed by atoms with Gasteiger partial charge >= 0.3 is 5.97 Å². The first kappa shape index (κ1) is 23.2. The lowest BCUT2D eigenvalue weighted by Gasteiger charge is -2.18. The number of amides is 1. The van der Waals surface area contributed by atoms with Gasteiger partial charge in [0.15, 0.2) is 5.11 Å². The van der Waals surface area contributed by atoms with Crippen LogP contribution in [0.4, 0.5) is 10.7 Å². The van der Waals surface area contributed by atoms with Gasteiger partial charge in [0.05, 0.1) is 23.2 Å². The van der Waals surface area contributed by atoms with Gasteiger partial charge in [0.1, 0.15) is 5.00 Å². The quantitative estimate of drug-likeness (QED) is 0.354. The minimum Gasteiger partial charge on any atom is -0.465 e. The first-order valence-corrected chi connectivity index (χ1v) is 11.5. The van der Waals surface area contributed by atoms with E-state index in [0.29, 0.717) is 39.2 Å². The van der Waals surface area contributed by atoms with Crippen molar-refractivity contribution in [2.75, 3.05) is 37.1 Å². The van der Waals surface area contributed by atoms with Gasteiger partial charge in [-0.3, -0.25) is 4.79 Å². The highest BCUT2D eigenvalue weighted by Gasteiger charge is 2.27. The number of hydrogen-bond donors (Lipinski definition) is 2. The zero-order valence-corrected chi connectivity index (χ0v) is 19.6. The highest BCUT2D eigenvalue weighted by Crippen LogP contribution is 2.35. The van der Waals surface area contributed by atoms with Gasteiger partial charge in [-0.05, 0) is 56.9 Å². The molecule has 2 aromatic rings. The highest BCUT2D eigenvalue weighted by atomic mass is 32.2. The Hall–Kier alpha value is -2.10. The normalized spacial score (nSPS) is 10.4. The molecule has 1 aromatic carbocycles. The summed E-state index contributed by atoms with van der Waals surface area (Å²) < 4.78 is 4.94. The van der Waals surface area contributed by atoms with Gasteiger partial charge in [0.25, 0.3) is 5.91 Å². The summed E-state index contributed by atoms with van der Waals surface area (Å²) in [6.45, 7) is 6.78. The molecule has 0 aliphatic rings. The minimum absolute atomic E-state index is 0.109. The molecule has 1 heterocycles. The van der Waals surface area contributed by atoms with E-state index in [0.717, 1.165) is 10.6 Å². The second-order valence-electron chi connectivity index (χ2n) is 6.01. The summed E-state index contributed by atoms with van der Waals surface area (Å²) in [4.78, 5) is 28.5. The molecule has 2 N–H and O–H groups in total. The number of rotatable bonds is 7. The minimum atomic E-state index is -0.507. The predicted octanol–water partition coefficient (Wildman–Crippen LogP) is 4.86. The average Bonchev–Trinajstić information content (AvgIpc) is 3.04. The second-order valence-corrected chi connectivity index (χ2v) is 8.29. The smallest absolute Gasteiger partial charge is 0.341 e. The number of benzene rings is 1. The Bertz CT molecular complexity index is 908. The van der Waals surface area contributed by atoms with Crippen molar-refractivity contribution >= 4 is 63.0 Å². The van der Waals surface area contributed by atoms with Crippen LogP contribution in [0.3, 0.4) is 0 Å². The topological polar surface area (TPSA) is 70.7 Å². The highest BCUT2D eigenvalue weighted by molar-refractivity contribution is 7.98. The van der Waals surface area contributed by atoms with E-state index >= 15 is 0 Å². The Morgan fingerprint density at radius 3 is 2.45 bits per heavy atom. The molecule has 0 aliphatic carbocycles. The Balaban J connectivity index is 2.35. The molecule has 0 atom stereocenters. The molecule has 0 spiro atoms. The van der Waals surface area contributed by atoms with Gasteiger partial charge in [-0.25, -0.2) is 4.79 Å². The van der Waals surface area contributed by atoms with Crippen LogP contribution in [0.25, 0.3) is 0 Å². The zero-order valence-electron chi connectivity index (χ0n) is 17.1. The van der Waals surface area contributed by atoms with E-state index in [1.54, 1.807) is 23.6 Å². The third-order valence-corrected chi connectivity index (χ3v) is 6.56. The van der Waals surface area contributed by atoms with Crippen molar-refractivity contribution in [3.8, 4) is 0 Å². The molecule has 0 saturated carbocycles. The van der Waals surface area contributed by atoms with Crippen molar-refractivity contribution in [1.82, 2.24) is 4.90 Å². The van der Waals surface area contributed by atoms with Gasteiger partial charge in [0, 0.05) is 18.0 Å². The summed E-state index contributed by atoms with van der Waals surface area (Å²) in [6, 6.07) is 7.79. The number of ether oxygens (including phenoxy) is 1. The fraction of sp³-hybridized carbons (Fsp3) is 0.350. The summed E-state index contributed by atoms with van der Waals surface area (Å²) in [5.74, 6) is -0.616. The summed E-state index contributed by atoms with van der Waals surface area (Å²) in [5.41, 5.74) is 1.79. The molecule has 0 unspecified atom stereocenters. The van der Waals surface area contributed by atoms with E-state index in [1.165, 1.54) is 18.4 Å². The van der Waals surface area contributed by atoms with E-state index < -0.39 is 5.97 Å². The van der Waals surface area contributed by atoms with Crippen LogP contribution in [-0.2, 0) is 4.74 Å². The summed E-state index contributed by atoms with van der Waals surface area (Å²) in [7, 11) is 1.32. The van der Waals surface area contributed by atoms with E-state index in [-0.39, 0.29) is 5.91 Å². The van der Waals surface area contributed by atoms with Crippen molar-refractivity contribution in [2.45, 2.75) is 25.7 Å². The fourth-order valence-electron chi connectivity index (χ4n) is 2.81. The summed E-state index contributed by atoms with van der Waals surface area (Å²) in [6.07, 6.45) is 1.99. The van der Waals surface area contributed by atoms with Gasteiger partial charge in [-0.2, -0.15) is 0 Å². The Kier molecular flexibility index (Phi) is 8.48. The Morgan fingerprint density at radius 1 is 1.21 bits per heavy atom. The van der Waals surface area contributed by atoms with Gasteiger partial charge < -0.3 is 20.3 Å². The number of thioether (sulfide) groups is 1. The molecule has 0 aliphatic heterocycles. The van der Waals surface area contributed by atoms with Crippen LogP contribution in [0.5, 0.6) is 0 Å². The predicted molar refractivity (Wildman–Crippen MR) is 126 cm³/mol. The number of thiocarbonyl (C=S) groups is 1. The number of carbonyl (C=O) groups is 2. The van der Waals surface area contributed by atoms with E-state index in [4.69, 9.17) is 17.0 Å². The number of thiophene rings is 1. The molecule has 0 fully saturated rings. The van der Waals surface area contributed by atoms with Crippen LogP contribution in [-0.4, -0.2) is 48.3 Å². The number of nitrogens with one attached hydrogen (secondary N) is 2. The van der Waals surface area contributed by atoms with Crippen LogP contribution < -0.4 is 10.6 Å². The first-order chi connectivity index (χ1) is 13.9. The second kappa shape index (κ2) is 10.6. The maximum atomic E-state index is 12.9. The SMILES string of the molecule is CCN(CC)C(=O)c1sc(NC(=S)Nc2ccccc2SC)c(C(=O)OC)c1C. The number of anilines is 2. The van der Waals surface area contributed by atoms with Gasteiger partial charge in [-0.15, -0.1) is 23.1 Å². The van der Waals surface area contributed by atoms with Gasteiger partial charge in [-0.1, -0.05) is 12.1 Å². The van der Waals surface area contributed by atoms with Crippen molar-refractivity contribution in [1.29, 1.82) is 0 Å². The third-order valence-electron chi connectivity index (χ3n) is 4.36. The molecule has 9 heteroatoms. The Morgan fingerprint density at radius 2 is 1.86 bits per heavy atom. The van der Waals surface area contributed by atoms with Crippen LogP contribution in [0.15, 0.2) is 29.2 Å². The number of nitrogens with zero attached hydrogens (tertiary/aromatic N) is 1. The molecule has 0 saturated heterocycles. The third kappa shape index (κ3) is 5.29. The molecule has 29 heavy (non-hydrogen) atoms. The average molecular weight is 452 g/mol. The number of para-hydroxylation sites is 1. The first-order valence-electron chi connectivity index (χ1n) is 9.09. The largest absolute Gasteiger partial charge is 0.465 e. The number of esters is 1. The van der Waals surface area contributed by atoms with Gasteiger partial charge in [0.2, 0.25) is 0 Å². The summed E-state index contributed by atoms with van der Waals surface area (Å²) in [5, 5.41) is 7.05. The lowest BCUT2D eigenvalue weighted by atomic mass is 10.1. The van der Waals surface area contributed by atoms with Crippen LogP contribution in [0.1, 0.15) is 39.4 Å². The molecule has 1 amide bonds.